The molecule has 27 heavy (non-hydrogen) atoms. The van der Waals surface area contributed by atoms with Crippen molar-refractivity contribution in [3.05, 3.63) is 57.9 Å². The summed E-state index contributed by atoms with van der Waals surface area (Å²) in [6, 6.07) is 9.91. The van der Waals surface area contributed by atoms with E-state index in [2.05, 4.69) is 10.1 Å². The summed E-state index contributed by atoms with van der Waals surface area (Å²) in [5.74, 6) is 0.856. The molecule has 0 radical (unpaired) electrons. The third kappa shape index (κ3) is 4.15. The van der Waals surface area contributed by atoms with Gasteiger partial charge < -0.3 is 18.7 Å². The lowest BCUT2D eigenvalue weighted by Crippen LogP contribution is -2.07. The predicted octanol–water partition coefficient (Wildman–Crippen LogP) is 4.42. The van der Waals surface area contributed by atoms with Crippen LogP contribution in [0.5, 0.6) is 11.5 Å². The first-order valence-electron chi connectivity index (χ1n) is 7.69. The summed E-state index contributed by atoms with van der Waals surface area (Å²) in [5, 5.41) is 4.28. The molecule has 0 fully saturated rings. The summed E-state index contributed by atoms with van der Waals surface area (Å²) < 4.78 is 20.8. The number of carbonyl (C=O) groups is 1. The van der Waals surface area contributed by atoms with Crippen LogP contribution >= 0.6 is 23.2 Å². The number of nitrogens with zero attached hydrogens (tertiary/aromatic N) is 2. The molecule has 0 aliphatic rings. The van der Waals surface area contributed by atoms with Crippen molar-refractivity contribution in [3.8, 4) is 22.9 Å². The molecular formula is C18H14Cl2N2O5. The van der Waals surface area contributed by atoms with E-state index in [1.54, 1.807) is 43.5 Å². The summed E-state index contributed by atoms with van der Waals surface area (Å²) in [5.41, 5.74) is 0.686. The van der Waals surface area contributed by atoms with Gasteiger partial charge in [-0.05, 0) is 24.3 Å². The van der Waals surface area contributed by atoms with Gasteiger partial charge in [0.15, 0.2) is 6.61 Å². The van der Waals surface area contributed by atoms with Crippen LogP contribution in [-0.2, 0) is 11.3 Å². The van der Waals surface area contributed by atoms with Crippen molar-refractivity contribution in [2.45, 2.75) is 6.61 Å². The van der Waals surface area contributed by atoms with Gasteiger partial charge in [0.25, 0.3) is 5.89 Å². The van der Waals surface area contributed by atoms with E-state index in [4.69, 9.17) is 41.9 Å². The highest BCUT2D eigenvalue weighted by atomic mass is 35.5. The summed E-state index contributed by atoms with van der Waals surface area (Å²) in [4.78, 5) is 16.4. The van der Waals surface area contributed by atoms with E-state index >= 15 is 0 Å². The van der Waals surface area contributed by atoms with Gasteiger partial charge in [0, 0.05) is 6.07 Å². The van der Waals surface area contributed by atoms with Crippen LogP contribution in [0.3, 0.4) is 0 Å². The number of hydrogen-bond donors (Lipinski definition) is 0. The Morgan fingerprint density at radius 3 is 2.52 bits per heavy atom. The lowest BCUT2D eigenvalue weighted by Gasteiger charge is -2.07. The fourth-order valence-corrected chi connectivity index (χ4v) is 2.85. The topological polar surface area (TPSA) is 83.7 Å². The van der Waals surface area contributed by atoms with Gasteiger partial charge in [-0.15, -0.1) is 0 Å². The SMILES string of the molecule is COc1ccc(-c2noc(COC(=O)c3c(Cl)cccc3Cl)n2)c(OC)c1. The van der Waals surface area contributed by atoms with Crippen molar-refractivity contribution >= 4 is 29.2 Å². The number of aromatic nitrogens is 2. The minimum absolute atomic E-state index is 0.0809. The number of rotatable bonds is 6. The molecule has 0 saturated carbocycles. The molecular weight excluding hydrogens is 395 g/mol. The monoisotopic (exact) mass is 408 g/mol. The van der Waals surface area contributed by atoms with Gasteiger partial charge in [-0.2, -0.15) is 4.98 Å². The normalized spacial score (nSPS) is 10.5. The van der Waals surface area contributed by atoms with Gasteiger partial charge in [-0.1, -0.05) is 34.4 Å². The molecule has 0 spiro atoms. The minimum Gasteiger partial charge on any atom is -0.497 e. The van der Waals surface area contributed by atoms with Crippen LogP contribution in [0.4, 0.5) is 0 Å². The van der Waals surface area contributed by atoms with Gasteiger partial charge in [-0.3, -0.25) is 0 Å². The Labute approximate surface area is 164 Å². The zero-order chi connectivity index (χ0) is 19.4. The maximum atomic E-state index is 12.2. The first-order valence-corrected chi connectivity index (χ1v) is 8.45. The van der Waals surface area contributed by atoms with Crippen molar-refractivity contribution < 1.29 is 23.5 Å². The van der Waals surface area contributed by atoms with Gasteiger partial charge in [-0.25, -0.2) is 4.79 Å². The minimum atomic E-state index is -0.688. The molecule has 0 saturated heterocycles. The van der Waals surface area contributed by atoms with Crippen LogP contribution in [0.1, 0.15) is 16.2 Å². The molecule has 140 valence electrons. The lowest BCUT2D eigenvalue weighted by atomic mass is 10.2. The first kappa shape index (κ1) is 19.0. The number of methoxy groups -OCH3 is 2. The molecule has 0 aliphatic carbocycles. The number of esters is 1. The van der Waals surface area contributed by atoms with E-state index in [-0.39, 0.29) is 33.9 Å². The molecule has 0 unspecified atom stereocenters. The van der Waals surface area contributed by atoms with E-state index < -0.39 is 5.97 Å². The zero-order valence-electron chi connectivity index (χ0n) is 14.4. The molecule has 1 heterocycles. The number of carbonyl (C=O) groups excluding carboxylic acids is 1. The van der Waals surface area contributed by atoms with Crippen molar-refractivity contribution in [2.24, 2.45) is 0 Å². The summed E-state index contributed by atoms with van der Waals surface area (Å²) in [6.45, 7) is -0.230. The molecule has 7 nitrogen and oxygen atoms in total. The van der Waals surface area contributed by atoms with Crippen LogP contribution in [0.2, 0.25) is 10.0 Å². The largest absolute Gasteiger partial charge is 0.497 e. The highest BCUT2D eigenvalue weighted by molar-refractivity contribution is 6.39. The van der Waals surface area contributed by atoms with Gasteiger partial charge >= 0.3 is 5.97 Å². The molecule has 0 aliphatic heterocycles. The van der Waals surface area contributed by atoms with E-state index in [1.807, 2.05) is 0 Å². The average molecular weight is 409 g/mol. The Morgan fingerprint density at radius 2 is 1.85 bits per heavy atom. The second kappa shape index (κ2) is 8.28. The maximum Gasteiger partial charge on any atom is 0.341 e. The van der Waals surface area contributed by atoms with Crippen molar-refractivity contribution in [2.75, 3.05) is 14.2 Å². The molecule has 2 aromatic carbocycles. The number of hydrogen-bond acceptors (Lipinski definition) is 7. The second-order valence-corrected chi connectivity index (χ2v) is 6.07. The molecule has 0 N–H and O–H groups in total. The van der Waals surface area contributed by atoms with Crippen LogP contribution in [0.15, 0.2) is 40.9 Å². The Hall–Kier alpha value is -2.77. The second-order valence-electron chi connectivity index (χ2n) is 5.25. The van der Waals surface area contributed by atoms with Crippen molar-refractivity contribution in [1.82, 2.24) is 10.1 Å². The summed E-state index contributed by atoms with van der Waals surface area (Å²) >= 11 is 12.0. The van der Waals surface area contributed by atoms with Crippen molar-refractivity contribution in [3.63, 3.8) is 0 Å². The molecule has 0 atom stereocenters. The first-order chi connectivity index (χ1) is 13.0. The standard InChI is InChI=1S/C18H14Cl2N2O5/c1-24-10-6-7-11(14(8-10)25-2)17-21-15(27-22-17)9-26-18(23)16-12(19)4-3-5-13(16)20/h3-8H,9H2,1-2H3. The molecule has 1 aromatic heterocycles. The van der Waals surface area contributed by atoms with Crippen LogP contribution in [0, 0.1) is 0 Å². The van der Waals surface area contributed by atoms with Gasteiger partial charge in [0.2, 0.25) is 5.82 Å². The van der Waals surface area contributed by atoms with E-state index in [0.29, 0.717) is 17.1 Å². The smallest absolute Gasteiger partial charge is 0.341 e. The highest BCUT2D eigenvalue weighted by Gasteiger charge is 2.19. The van der Waals surface area contributed by atoms with E-state index in [1.165, 1.54) is 7.11 Å². The quantitative estimate of drug-likeness (QED) is 0.558. The fraction of sp³-hybridized carbons (Fsp3) is 0.167. The fourth-order valence-electron chi connectivity index (χ4n) is 2.30. The summed E-state index contributed by atoms with van der Waals surface area (Å²) in [7, 11) is 3.08. The van der Waals surface area contributed by atoms with Crippen LogP contribution < -0.4 is 9.47 Å². The summed E-state index contributed by atoms with van der Waals surface area (Å²) in [6.07, 6.45) is 0. The Bertz CT molecular complexity index is 954. The molecule has 0 amide bonds. The Kier molecular flexibility index (Phi) is 5.83. The molecule has 9 heteroatoms. The van der Waals surface area contributed by atoms with Crippen LogP contribution in [-0.4, -0.2) is 30.3 Å². The third-order valence-electron chi connectivity index (χ3n) is 3.61. The van der Waals surface area contributed by atoms with Gasteiger partial charge in [0.05, 0.1) is 35.4 Å². The Balaban J connectivity index is 1.74. The number of benzene rings is 2. The maximum absolute atomic E-state index is 12.2. The Morgan fingerprint density at radius 1 is 1.11 bits per heavy atom. The molecule has 3 rings (SSSR count). The van der Waals surface area contributed by atoms with Crippen LogP contribution in [0.25, 0.3) is 11.4 Å². The van der Waals surface area contributed by atoms with Gasteiger partial charge in [0.1, 0.15) is 11.5 Å². The predicted molar refractivity (Wildman–Crippen MR) is 98.4 cm³/mol. The third-order valence-corrected chi connectivity index (χ3v) is 4.24. The highest BCUT2D eigenvalue weighted by Crippen LogP contribution is 2.31. The van der Waals surface area contributed by atoms with Crippen molar-refractivity contribution in [1.29, 1.82) is 0 Å². The average Bonchev–Trinajstić information content (AvgIpc) is 3.14. The zero-order valence-corrected chi connectivity index (χ0v) is 15.9. The molecule has 0 bridgehead atoms. The lowest BCUT2D eigenvalue weighted by molar-refractivity contribution is 0.0430. The number of ether oxygens (including phenoxy) is 3. The number of halogens is 2. The molecule has 3 aromatic rings. The van der Waals surface area contributed by atoms with E-state index in [0.717, 1.165) is 0 Å². The van der Waals surface area contributed by atoms with E-state index in [9.17, 15) is 4.79 Å².